The third kappa shape index (κ3) is 2.70. The zero-order valence-electron chi connectivity index (χ0n) is 14.4. The first kappa shape index (κ1) is 15.3. The smallest absolute Gasteiger partial charge is 0.154 e. The van der Waals surface area contributed by atoms with Crippen molar-refractivity contribution in [3.63, 3.8) is 0 Å². The molecule has 1 aliphatic rings. The highest BCUT2D eigenvalue weighted by atomic mass is 15.3. The van der Waals surface area contributed by atoms with Gasteiger partial charge in [-0.05, 0) is 49.9 Å². The monoisotopic (exact) mass is 347 g/mol. The number of benzene rings is 1. The number of anilines is 1. The van der Waals surface area contributed by atoms with Crippen molar-refractivity contribution in [3.05, 3.63) is 42.7 Å². The third-order valence-corrected chi connectivity index (χ3v) is 5.22. The molecule has 1 fully saturated rings. The van der Waals surface area contributed by atoms with Crippen molar-refractivity contribution in [2.75, 3.05) is 5.32 Å². The van der Waals surface area contributed by atoms with E-state index in [0.717, 1.165) is 59.3 Å². The summed E-state index contributed by atoms with van der Waals surface area (Å²) in [6.45, 7) is 0. The first-order valence-corrected chi connectivity index (χ1v) is 9.07. The number of nitrogens with two attached hydrogens (primary N) is 1. The number of rotatable bonds is 3. The van der Waals surface area contributed by atoms with Crippen LogP contribution in [-0.4, -0.2) is 36.9 Å². The molecule has 0 bridgehead atoms. The third-order valence-electron chi connectivity index (χ3n) is 5.22. The minimum atomic E-state index is 0.349. The lowest BCUT2D eigenvalue weighted by Crippen LogP contribution is -2.33. The Morgan fingerprint density at radius 2 is 1.96 bits per heavy atom. The summed E-state index contributed by atoms with van der Waals surface area (Å²) >= 11 is 0. The Bertz CT molecular complexity index is 1060. The zero-order chi connectivity index (χ0) is 17.5. The molecule has 1 aliphatic carbocycles. The van der Waals surface area contributed by atoms with Crippen molar-refractivity contribution in [1.82, 2.24) is 24.8 Å². The second-order valence-corrected chi connectivity index (χ2v) is 7.06. The molecular formula is C19H21N7. The van der Waals surface area contributed by atoms with E-state index in [1.807, 2.05) is 35.1 Å². The highest BCUT2D eigenvalue weighted by Gasteiger charge is 2.19. The number of nitrogens with zero attached hydrogens (tertiary/aromatic N) is 4. The predicted molar refractivity (Wildman–Crippen MR) is 102 cm³/mol. The van der Waals surface area contributed by atoms with Crippen LogP contribution in [0.4, 0.5) is 5.82 Å². The highest BCUT2D eigenvalue weighted by molar-refractivity contribution is 5.83. The molecule has 3 aromatic heterocycles. The van der Waals surface area contributed by atoms with Gasteiger partial charge in [0.1, 0.15) is 5.82 Å². The number of nitrogens with one attached hydrogen (secondary N) is 2. The van der Waals surface area contributed by atoms with Gasteiger partial charge in [-0.3, -0.25) is 5.10 Å². The van der Waals surface area contributed by atoms with Gasteiger partial charge in [-0.25, -0.2) is 9.50 Å². The molecule has 0 spiro atoms. The van der Waals surface area contributed by atoms with Gasteiger partial charge >= 0.3 is 0 Å². The van der Waals surface area contributed by atoms with Gasteiger partial charge in [0.25, 0.3) is 0 Å². The van der Waals surface area contributed by atoms with Gasteiger partial charge in [0.05, 0.1) is 23.6 Å². The predicted octanol–water partition coefficient (Wildman–Crippen LogP) is 2.95. The number of hydrogen-bond donors (Lipinski definition) is 3. The van der Waals surface area contributed by atoms with Gasteiger partial charge in [-0.1, -0.05) is 6.07 Å². The Hall–Kier alpha value is -2.93. The standard InChI is InChI=1S/C19H21N7/c20-14-2-4-15(5-3-14)23-18-7-8-19-21-11-17(26(19)25-18)12-1-6-16-13(9-12)10-22-24-16/h1,6-11,14-15H,2-5,20H2,(H,22,24)(H,23,25). The first-order valence-electron chi connectivity index (χ1n) is 9.07. The van der Waals surface area contributed by atoms with Crippen LogP contribution in [0.25, 0.3) is 27.8 Å². The van der Waals surface area contributed by atoms with Crippen LogP contribution in [0.1, 0.15) is 25.7 Å². The maximum absolute atomic E-state index is 6.00. The summed E-state index contributed by atoms with van der Waals surface area (Å²) in [6.07, 6.45) is 8.02. The van der Waals surface area contributed by atoms with Gasteiger partial charge in [0, 0.05) is 23.0 Å². The minimum Gasteiger partial charge on any atom is -0.366 e. The largest absolute Gasteiger partial charge is 0.366 e. The molecule has 0 saturated heterocycles. The van der Waals surface area contributed by atoms with Crippen LogP contribution in [0.2, 0.25) is 0 Å². The SMILES string of the molecule is NC1CCC(Nc2ccc3ncc(-c4ccc5[nH]ncc5c4)n3n2)CC1. The van der Waals surface area contributed by atoms with Gasteiger partial charge in [0.15, 0.2) is 5.65 Å². The average Bonchev–Trinajstić information content (AvgIpc) is 3.29. The van der Waals surface area contributed by atoms with Crippen LogP contribution in [0.3, 0.4) is 0 Å². The van der Waals surface area contributed by atoms with Crippen molar-refractivity contribution in [2.45, 2.75) is 37.8 Å². The lowest BCUT2D eigenvalue weighted by atomic mass is 9.92. The Balaban J connectivity index is 1.48. The number of imidazole rings is 1. The Kier molecular flexibility index (Phi) is 3.60. The summed E-state index contributed by atoms with van der Waals surface area (Å²) in [6, 6.07) is 11.0. The molecule has 132 valence electrons. The fourth-order valence-corrected chi connectivity index (χ4v) is 3.72. The molecule has 0 aliphatic heterocycles. The first-order chi connectivity index (χ1) is 12.8. The topological polar surface area (TPSA) is 96.9 Å². The van der Waals surface area contributed by atoms with E-state index in [1.54, 1.807) is 0 Å². The summed E-state index contributed by atoms with van der Waals surface area (Å²) in [4.78, 5) is 4.49. The number of H-pyrrole nitrogens is 1. The maximum Gasteiger partial charge on any atom is 0.154 e. The quantitative estimate of drug-likeness (QED) is 0.529. The molecule has 1 saturated carbocycles. The van der Waals surface area contributed by atoms with Crippen LogP contribution in [0.5, 0.6) is 0 Å². The molecule has 1 aromatic carbocycles. The lowest BCUT2D eigenvalue weighted by molar-refractivity contribution is 0.410. The van der Waals surface area contributed by atoms with Gasteiger partial charge < -0.3 is 11.1 Å². The molecule has 0 unspecified atom stereocenters. The second-order valence-electron chi connectivity index (χ2n) is 7.06. The van der Waals surface area contributed by atoms with E-state index in [-0.39, 0.29) is 0 Å². The maximum atomic E-state index is 6.00. The summed E-state index contributed by atoms with van der Waals surface area (Å²) in [5.74, 6) is 0.876. The van der Waals surface area contributed by atoms with Crippen LogP contribution < -0.4 is 11.1 Å². The van der Waals surface area contributed by atoms with E-state index in [0.29, 0.717) is 12.1 Å². The number of fused-ring (bicyclic) bond motifs is 2. The molecule has 7 nitrogen and oxygen atoms in total. The van der Waals surface area contributed by atoms with Crippen LogP contribution in [-0.2, 0) is 0 Å². The summed E-state index contributed by atoms with van der Waals surface area (Å²) in [5.41, 5.74) is 9.90. The summed E-state index contributed by atoms with van der Waals surface area (Å²) in [5, 5.41) is 16.5. The van der Waals surface area contributed by atoms with Crippen LogP contribution in [0.15, 0.2) is 42.7 Å². The normalized spacial score (nSPS) is 20.7. The molecule has 7 heteroatoms. The number of aromatic amines is 1. The second kappa shape index (κ2) is 6.10. The van der Waals surface area contributed by atoms with E-state index in [9.17, 15) is 0 Å². The Morgan fingerprint density at radius 1 is 1.08 bits per heavy atom. The van der Waals surface area contributed by atoms with E-state index in [1.165, 1.54) is 0 Å². The van der Waals surface area contributed by atoms with Crippen molar-refractivity contribution >= 4 is 22.4 Å². The van der Waals surface area contributed by atoms with Gasteiger partial charge in [0.2, 0.25) is 0 Å². The average molecular weight is 347 g/mol. The highest BCUT2D eigenvalue weighted by Crippen LogP contribution is 2.25. The Morgan fingerprint density at radius 3 is 2.85 bits per heavy atom. The summed E-state index contributed by atoms with van der Waals surface area (Å²) in [7, 11) is 0. The van der Waals surface area contributed by atoms with E-state index in [2.05, 4.69) is 32.6 Å². The number of aromatic nitrogens is 5. The molecular weight excluding hydrogens is 326 g/mol. The van der Waals surface area contributed by atoms with Crippen LogP contribution in [0, 0.1) is 0 Å². The fourth-order valence-electron chi connectivity index (χ4n) is 3.72. The lowest BCUT2D eigenvalue weighted by Gasteiger charge is -2.27. The van der Waals surface area contributed by atoms with Crippen LogP contribution >= 0.6 is 0 Å². The van der Waals surface area contributed by atoms with E-state index >= 15 is 0 Å². The fraction of sp³-hybridized carbons (Fsp3) is 0.316. The van der Waals surface area contributed by atoms with E-state index < -0.39 is 0 Å². The molecule has 5 rings (SSSR count). The van der Waals surface area contributed by atoms with Crippen molar-refractivity contribution in [3.8, 4) is 11.3 Å². The number of hydrogen-bond acceptors (Lipinski definition) is 5. The van der Waals surface area contributed by atoms with Crippen molar-refractivity contribution < 1.29 is 0 Å². The summed E-state index contributed by atoms with van der Waals surface area (Å²) < 4.78 is 1.90. The Labute approximate surface area is 150 Å². The molecule has 4 aromatic rings. The molecule has 26 heavy (non-hydrogen) atoms. The van der Waals surface area contributed by atoms with Crippen molar-refractivity contribution in [2.24, 2.45) is 5.73 Å². The molecule has 3 heterocycles. The molecule has 0 amide bonds. The molecule has 0 radical (unpaired) electrons. The van der Waals surface area contributed by atoms with Crippen molar-refractivity contribution in [1.29, 1.82) is 0 Å². The zero-order valence-corrected chi connectivity index (χ0v) is 14.4. The van der Waals surface area contributed by atoms with E-state index in [4.69, 9.17) is 10.8 Å². The molecule has 0 atom stereocenters. The van der Waals surface area contributed by atoms with Gasteiger partial charge in [-0.15, -0.1) is 5.10 Å². The molecule has 4 N–H and O–H groups in total. The minimum absolute atomic E-state index is 0.349. The van der Waals surface area contributed by atoms with Gasteiger partial charge in [-0.2, -0.15) is 5.10 Å².